The second-order valence-electron chi connectivity index (χ2n) is 5.08. The SMILES string of the molecule is CCNC(CCC(C)C)c1ccc(Cl)cc1C. The largest absolute Gasteiger partial charge is 0.310 e. The van der Waals surface area contributed by atoms with Crippen molar-refractivity contribution < 1.29 is 0 Å². The second-order valence-corrected chi connectivity index (χ2v) is 5.52. The van der Waals surface area contributed by atoms with E-state index in [9.17, 15) is 0 Å². The van der Waals surface area contributed by atoms with Crippen molar-refractivity contribution in [1.29, 1.82) is 0 Å². The molecule has 17 heavy (non-hydrogen) atoms. The first-order valence-corrected chi connectivity index (χ1v) is 6.91. The molecule has 0 aromatic heterocycles. The highest BCUT2D eigenvalue weighted by atomic mass is 35.5. The Morgan fingerprint density at radius 3 is 2.47 bits per heavy atom. The molecule has 0 aliphatic rings. The molecule has 0 heterocycles. The van der Waals surface area contributed by atoms with Gasteiger partial charge >= 0.3 is 0 Å². The van der Waals surface area contributed by atoms with Crippen LogP contribution in [0.1, 0.15) is 50.8 Å². The Kier molecular flexibility index (Phi) is 6.01. The van der Waals surface area contributed by atoms with Crippen molar-refractivity contribution in [3.8, 4) is 0 Å². The summed E-state index contributed by atoms with van der Waals surface area (Å²) in [6, 6.07) is 6.66. The van der Waals surface area contributed by atoms with Crippen LogP contribution in [0.25, 0.3) is 0 Å². The third kappa shape index (κ3) is 4.69. The maximum Gasteiger partial charge on any atom is 0.0408 e. The first-order chi connectivity index (χ1) is 8.04. The fourth-order valence-electron chi connectivity index (χ4n) is 2.14. The van der Waals surface area contributed by atoms with Gasteiger partial charge in [0, 0.05) is 11.1 Å². The number of halogens is 1. The summed E-state index contributed by atoms with van der Waals surface area (Å²) in [6.07, 6.45) is 2.44. The minimum Gasteiger partial charge on any atom is -0.310 e. The fraction of sp³-hybridized carbons (Fsp3) is 0.600. The Balaban J connectivity index is 2.81. The van der Waals surface area contributed by atoms with Crippen LogP contribution in [-0.2, 0) is 0 Å². The summed E-state index contributed by atoms with van der Waals surface area (Å²) in [7, 11) is 0. The molecule has 0 aliphatic heterocycles. The monoisotopic (exact) mass is 253 g/mol. The highest BCUT2D eigenvalue weighted by molar-refractivity contribution is 6.30. The molecule has 0 spiro atoms. The zero-order chi connectivity index (χ0) is 12.8. The lowest BCUT2D eigenvalue weighted by atomic mass is 9.94. The quantitative estimate of drug-likeness (QED) is 0.773. The standard InChI is InChI=1S/C15H24ClN/c1-5-17-15(9-6-11(2)3)14-8-7-13(16)10-12(14)4/h7-8,10-11,15,17H,5-6,9H2,1-4H3. The number of hydrogen-bond donors (Lipinski definition) is 1. The molecule has 1 rings (SSSR count). The molecule has 0 saturated heterocycles. The minimum atomic E-state index is 0.458. The Morgan fingerprint density at radius 2 is 1.94 bits per heavy atom. The van der Waals surface area contributed by atoms with Gasteiger partial charge in [0.2, 0.25) is 0 Å². The van der Waals surface area contributed by atoms with Crippen LogP contribution >= 0.6 is 11.6 Å². The predicted molar refractivity (Wildman–Crippen MR) is 76.7 cm³/mol. The normalized spacial score (nSPS) is 13.1. The van der Waals surface area contributed by atoms with Gasteiger partial charge in [-0.05, 0) is 55.5 Å². The molecule has 1 atom stereocenters. The molecule has 0 bridgehead atoms. The van der Waals surface area contributed by atoms with Gasteiger partial charge in [0.1, 0.15) is 0 Å². The van der Waals surface area contributed by atoms with Crippen molar-refractivity contribution in [2.75, 3.05) is 6.54 Å². The highest BCUT2D eigenvalue weighted by Crippen LogP contribution is 2.26. The van der Waals surface area contributed by atoms with E-state index in [4.69, 9.17) is 11.6 Å². The van der Waals surface area contributed by atoms with Gasteiger partial charge in [-0.3, -0.25) is 0 Å². The predicted octanol–water partition coefficient (Wildman–Crippen LogP) is 4.74. The van der Waals surface area contributed by atoms with E-state index in [-0.39, 0.29) is 0 Å². The topological polar surface area (TPSA) is 12.0 Å². The lowest BCUT2D eigenvalue weighted by molar-refractivity contribution is 0.447. The molecule has 1 N–H and O–H groups in total. The molecule has 1 unspecified atom stereocenters. The summed E-state index contributed by atoms with van der Waals surface area (Å²) in [5, 5.41) is 4.40. The first kappa shape index (κ1) is 14.5. The zero-order valence-corrected chi connectivity index (χ0v) is 12.1. The van der Waals surface area contributed by atoms with Crippen LogP contribution in [0.2, 0.25) is 5.02 Å². The molecular formula is C15H24ClN. The van der Waals surface area contributed by atoms with Crippen LogP contribution in [-0.4, -0.2) is 6.54 Å². The average molecular weight is 254 g/mol. The Hall–Kier alpha value is -0.530. The van der Waals surface area contributed by atoms with E-state index >= 15 is 0 Å². The first-order valence-electron chi connectivity index (χ1n) is 6.54. The zero-order valence-electron chi connectivity index (χ0n) is 11.4. The van der Waals surface area contributed by atoms with Crippen molar-refractivity contribution >= 4 is 11.6 Å². The van der Waals surface area contributed by atoms with Crippen molar-refractivity contribution in [1.82, 2.24) is 5.32 Å². The van der Waals surface area contributed by atoms with Crippen molar-refractivity contribution in [2.45, 2.75) is 46.6 Å². The number of nitrogens with one attached hydrogen (secondary N) is 1. The van der Waals surface area contributed by atoms with Crippen molar-refractivity contribution in [2.24, 2.45) is 5.92 Å². The average Bonchev–Trinajstić information content (AvgIpc) is 2.24. The summed E-state index contributed by atoms with van der Waals surface area (Å²) < 4.78 is 0. The summed E-state index contributed by atoms with van der Waals surface area (Å²) in [5.41, 5.74) is 2.67. The van der Waals surface area contributed by atoms with E-state index in [1.54, 1.807) is 0 Å². The maximum absolute atomic E-state index is 6.01. The smallest absolute Gasteiger partial charge is 0.0408 e. The summed E-state index contributed by atoms with van der Waals surface area (Å²) >= 11 is 6.01. The van der Waals surface area contributed by atoms with Crippen LogP contribution in [0, 0.1) is 12.8 Å². The third-order valence-corrected chi connectivity index (χ3v) is 3.33. The molecule has 0 amide bonds. The summed E-state index contributed by atoms with van der Waals surface area (Å²) in [4.78, 5) is 0. The van der Waals surface area contributed by atoms with E-state index in [0.29, 0.717) is 6.04 Å². The maximum atomic E-state index is 6.01. The highest BCUT2D eigenvalue weighted by Gasteiger charge is 2.13. The van der Waals surface area contributed by atoms with Gasteiger partial charge in [0.25, 0.3) is 0 Å². The third-order valence-electron chi connectivity index (χ3n) is 3.09. The second kappa shape index (κ2) is 7.03. The van der Waals surface area contributed by atoms with Crippen LogP contribution in [0.4, 0.5) is 0 Å². The molecule has 96 valence electrons. The van der Waals surface area contributed by atoms with Gasteiger partial charge in [-0.25, -0.2) is 0 Å². The van der Waals surface area contributed by atoms with Gasteiger partial charge < -0.3 is 5.32 Å². The van der Waals surface area contributed by atoms with Crippen LogP contribution in [0.5, 0.6) is 0 Å². The van der Waals surface area contributed by atoms with Crippen molar-refractivity contribution in [3.63, 3.8) is 0 Å². The molecule has 0 aliphatic carbocycles. The number of hydrogen-bond acceptors (Lipinski definition) is 1. The van der Waals surface area contributed by atoms with Gasteiger partial charge in [0.15, 0.2) is 0 Å². The molecule has 2 heteroatoms. The van der Waals surface area contributed by atoms with Crippen LogP contribution < -0.4 is 5.32 Å². The summed E-state index contributed by atoms with van der Waals surface area (Å²) in [5.74, 6) is 0.753. The van der Waals surface area contributed by atoms with E-state index < -0.39 is 0 Å². The van der Waals surface area contributed by atoms with Crippen molar-refractivity contribution in [3.05, 3.63) is 34.3 Å². The van der Waals surface area contributed by atoms with E-state index in [2.05, 4.69) is 45.1 Å². The summed E-state index contributed by atoms with van der Waals surface area (Å²) in [6.45, 7) is 9.86. The molecule has 1 aromatic carbocycles. The van der Waals surface area contributed by atoms with Gasteiger partial charge in [-0.1, -0.05) is 38.4 Å². The van der Waals surface area contributed by atoms with Crippen LogP contribution in [0.15, 0.2) is 18.2 Å². The molecule has 1 nitrogen and oxygen atoms in total. The lowest BCUT2D eigenvalue weighted by Gasteiger charge is -2.21. The van der Waals surface area contributed by atoms with Crippen LogP contribution in [0.3, 0.4) is 0 Å². The molecule has 0 fully saturated rings. The van der Waals surface area contributed by atoms with E-state index in [1.807, 2.05) is 6.07 Å². The Labute approximate surface area is 111 Å². The van der Waals surface area contributed by atoms with E-state index in [1.165, 1.54) is 24.0 Å². The molecule has 0 radical (unpaired) electrons. The van der Waals surface area contributed by atoms with Gasteiger partial charge in [-0.2, -0.15) is 0 Å². The minimum absolute atomic E-state index is 0.458. The molecular weight excluding hydrogens is 230 g/mol. The lowest BCUT2D eigenvalue weighted by Crippen LogP contribution is -2.22. The van der Waals surface area contributed by atoms with Gasteiger partial charge in [0.05, 0.1) is 0 Å². The molecule has 0 saturated carbocycles. The Morgan fingerprint density at radius 1 is 1.24 bits per heavy atom. The number of benzene rings is 1. The van der Waals surface area contributed by atoms with E-state index in [0.717, 1.165) is 17.5 Å². The Bertz CT molecular complexity index is 347. The molecule has 1 aromatic rings. The number of aryl methyl sites for hydroxylation is 1. The van der Waals surface area contributed by atoms with Gasteiger partial charge in [-0.15, -0.1) is 0 Å². The fourth-order valence-corrected chi connectivity index (χ4v) is 2.37. The number of rotatable bonds is 6.